The van der Waals surface area contributed by atoms with Crippen LogP contribution in [0.25, 0.3) is 11.4 Å². The molecule has 18 heavy (non-hydrogen) atoms. The van der Waals surface area contributed by atoms with Gasteiger partial charge in [-0.15, -0.1) is 0 Å². The third kappa shape index (κ3) is 2.50. The monoisotopic (exact) mass is 245 g/mol. The van der Waals surface area contributed by atoms with Crippen molar-refractivity contribution in [1.29, 1.82) is 0 Å². The average Bonchev–Trinajstić information content (AvgIpc) is 2.75. The maximum Gasteiger partial charge on any atom is 0.134 e. The molecular weight excluding hydrogens is 226 g/mol. The van der Waals surface area contributed by atoms with Crippen LogP contribution in [0.4, 0.5) is 5.82 Å². The van der Waals surface area contributed by atoms with Gasteiger partial charge in [-0.05, 0) is 13.0 Å². The largest absolute Gasteiger partial charge is 0.370 e. The van der Waals surface area contributed by atoms with E-state index in [1.807, 2.05) is 23.9 Å². The molecule has 0 aliphatic heterocycles. The van der Waals surface area contributed by atoms with Gasteiger partial charge in [-0.2, -0.15) is 5.10 Å². The van der Waals surface area contributed by atoms with Gasteiger partial charge in [0.25, 0.3) is 0 Å². The molecule has 2 aromatic rings. The van der Waals surface area contributed by atoms with E-state index in [-0.39, 0.29) is 0 Å². The number of hydrogen-bond donors (Lipinski definition) is 1. The second-order valence-electron chi connectivity index (χ2n) is 4.52. The molecule has 5 nitrogen and oxygen atoms in total. The number of nitrogens with zero attached hydrogens (tertiary/aromatic N) is 4. The lowest BCUT2D eigenvalue weighted by Crippen LogP contribution is -2.07. The van der Waals surface area contributed by atoms with Gasteiger partial charge in [0.05, 0.1) is 11.4 Å². The van der Waals surface area contributed by atoms with Crippen LogP contribution < -0.4 is 5.32 Å². The van der Waals surface area contributed by atoms with E-state index in [1.54, 1.807) is 6.20 Å². The van der Waals surface area contributed by atoms with Gasteiger partial charge in [0.15, 0.2) is 0 Å². The van der Waals surface area contributed by atoms with Crippen LogP contribution in [-0.2, 0) is 7.05 Å². The zero-order chi connectivity index (χ0) is 13.1. The Morgan fingerprint density at radius 2 is 2.11 bits per heavy atom. The van der Waals surface area contributed by atoms with E-state index >= 15 is 0 Å². The zero-order valence-electron chi connectivity index (χ0n) is 11.3. The van der Waals surface area contributed by atoms with Crippen LogP contribution in [-0.4, -0.2) is 26.3 Å². The molecule has 0 aromatic carbocycles. The minimum Gasteiger partial charge on any atom is -0.370 e. The van der Waals surface area contributed by atoms with Gasteiger partial charge in [-0.3, -0.25) is 4.68 Å². The third-order valence-electron chi connectivity index (χ3n) is 2.70. The first kappa shape index (κ1) is 12.5. The lowest BCUT2D eigenvalue weighted by Gasteiger charge is -2.11. The van der Waals surface area contributed by atoms with Crippen molar-refractivity contribution in [2.45, 2.75) is 26.7 Å². The number of anilines is 1. The molecule has 2 aromatic heterocycles. The Bertz CT molecular complexity index is 530. The first-order chi connectivity index (χ1) is 8.61. The molecule has 2 heterocycles. The van der Waals surface area contributed by atoms with Crippen molar-refractivity contribution < 1.29 is 0 Å². The lowest BCUT2D eigenvalue weighted by molar-refractivity contribution is 0.756. The van der Waals surface area contributed by atoms with Crippen LogP contribution in [0.3, 0.4) is 0 Å². The highest BCUT2D eigenvalue weighted by Gasteiger charge is 2.11. The van der Waals surface area contributed by atoms with Crippen molar-refractivity contribution in [3.8, 4) is 11.4 Å². The van der Waals surface area contributed by atoms with E-state index in [2.05, 4.69) is 41.2 Å². The van der Waals surface area contributed by atoms with E-state index < -0.39 is 0 Å². The molecule has 0 aliphatic carbocycles. The SMILES string of the molecule is CCNc1cc(-c2ccnn2C)nc(C(C)C)n1. The Balaban J connectivity index is 2.50. The van der Waals surface area contributed by atoms with Gasteiger partial charge >= 0.3 is 0 Å². The van der Waals surface area contributed by atoms with Gasteiger partial charge in [0.2, 0.25) is 0 Å². The summed E-state index contributed by atoms with van der Waals surface area (Å²) >= 11 is 0. The highest BCUT2D eigenvalue weighted by Crippen LogP contribution is 2.21. The predicted octanol–water partition coefficient (Wildman–Crippen LogP) is 2.43. The van der Waals surface area contributed by atoms with Gasteiger partial charge in [-0.25, -0.2) is 9.97 Å². The third-order valence-corrected chi connectivity index (χ3v) is 2.70. The van der Waals surface area contributed by atoms with E-state index in [0.717, 1.165) is 29.6 Å². The Hall–Kier alpha value is -1.91. The van der Waals surface area contributed by atoms with Gasteiger partial charge < -0.3 is 5.32 Å². The van der Waals surface area contributed by atoms with Crippen molar-refractivity contribution in [2.75, 3.05) is 11.9 Å². The van der Waals surface area contributed by atoms with Crippen LogP contribution in [0.1, 0.15) is 32.5 Å². The normalized spacial score (nSPS) is 10.9. The molecule has 96 valence electrons. The predicted molar refractivity (Wildman–Crippen MR) is 72.5 cm³/mol. The molecule has 5 heteroatoms. The van der Waals surface area contributed by atoms with Crippen molar-refractivity contribution in [3.63, 3.8) is 0 Å². The summed E-state index contributed by atoms with van der Waals surface area (Å²) < 4.78 is 1.82. The Morgan fingerprint density at radius 1 is 1.33 bits per heavy atom. The van der Waals surface area contributed by atoms with E-state index in [9.17, 15) is 0 Å². The van der Waals surface area contributed by atoms with E-state index in [0.29, 0.717) is 5.92 Å². The van der Waals surface area contributed by atoms with Gasteiger partial charge in [0.1, 0.15) is 11.6 Å². The molecule has 0 aliphatic rings. The van der Waals surface area contributed by atoms with Crippen LogP contribution >= 0.6 is 0 Å². The summed E-state index contributed by atoms with van der Waals surface area (Å²) in [4.78, 5) is 9.12. The topological polar surface area (TPSA) is 55.6 Å². The first-order valence-electron chi connectivity index (χ1n) is 6.23. The molecule has 0 unspecified atom stereocenters. The summed E-state index contributed by atoms with van der Waals surface area (Å²) in [6, 6.07) is 3.93. The quantitative estimate of drug-likeness (QED) is 0.898. The number of aryl methyl sites for hydroxylation is 1. The molecule has 2 rings (SSSR count). The lowest BCUT2D eigenvalue weighted by atomic mass is 10.2. The fourth-order valence-corrected chi connectivity index (χ4v) is 1.75. The first-order valence-corrected chi connectivity index (χ1v) is 6.23. The molecule has 0 bridgehead atoms. The number of aromatic nitrogens is 4. The average molecular weight is 245 g/mol. The molecule has 0 saturated heterocycles. The van der Waals surface area contributed by atoms with E-state index in [4.69, 9.17) is 0 Å². The summed E-state index contributed by atoms with van der Waals surface area (Å²) in [7, 11) is 1.92. The summed E-state index contributed by atoms with van der Waals surface area (Å²) in [5.41, 5.74) is 1.91. The minimum absolute atomic E-state index is 0.301. The van der Waals surface area contributed by atoms with Crippen molar-refractivity contribution in [1.82, 2.24) is 19.7 Å². The number of hydrogen-bond acceptors (Lipinski definition) is 4. The molecule has 0 amide bonds. The smallest absolute Gasteiger partial charge is 0.134 e. The Labute approximate surface area is 107 Å². The van der Waals surface area contributed by atoms with Gasteiger partial charge in [-0.1, -0.05) is 13.8 Å². The summed E-state index contributed by atoms with van der Waals surface area (Å²) in [6.07, 6.45) is 1.78. The number of rotatable bonds is 4. The molecule has 0 atom stereocenters. The van der Waals surface area contributed by atoms with E-state index in [1.165, 1.54) is 0 Å². The van der Waals surface area contributed by atoms with Crippen LogP contribution in [0.2, 0.25) is 0 Å². The van der Waals surface area contributed by atoms with Gasteiger partial charge in [0, 0.05) is 31.8 Å². The number of nitrogens with one attached hydrogen (secondary N) is 1. The standard InChI is InChI=1S/C13H19N5/c1-5-14-12-8-10(11-6-7-15-18(11)4)16-13(17-12)9(2)3/h6-9H,5H2,1-4H3,(H,14,16,17). The molecule has 1 N–H and O–H groups in total. The fourth-order valence-electron chi connectivity index (χ4n) is 1.75. The highest BCUT2D eigenvalue weighted by atomic mass is 15.3. The van der Waals surface area contributed by atoms with Crippen LogP contribution in [0, 0.1) is 0 Å². The minimum atomic E-state index is 0.301. The second-order valence-corrected chi connectivity index (χ2v) is 4.52. The second kappa shape index (κ2) is 5.16. The molecule has 0 spiro atoms. The zero-order valence-corrected chi connectivity index (χ0v) is 11.3. The van der Waals surface area contributed by atoms with Crippen molar-refractivity contribution in [3.05, 3.63) is 24.2 Å². The molecular formula is C13H19N5. The highest BCUT2D eigenvalue weighted by molar-refractivity contribution is 5.58. The van der Waals surface area contributed by atoms with Crippen LogP contribution in [0.15, 0.2) is 18.3 Å². The molecule has 0 radical (unpaired) electrons. The van der Waals surface area contributed by atoms with Crippen molar-refractivity contribution >= 4 is 5.82 Å². The summed E-state index contributed by atoms with van der Waals surface area (Å²) in [6.45, 7) is 7.09. The summed E-state index contributed by atoms with van der Waals surface area (Å²) in [5, 5.41) is 7.42. The molecule has 0 fully saturated rings. The van der Waals surface area contributed by atoms with Crippen LogP contribution in [0.5, 0.6) is 0 Å². The fraction of sp³-hybridized carbons (Fsp3) is 0.462. The Morgan fingerprint density at radius 3 is 2.67 bits per heavy atom. The summed E-state index contributed by atoms with van der Waals surface area (Å²) in [5.74, 6) is 2.02. The Kier molecular flexibility index (Phi) is 3.60. The van der Waals surface area contributed by atoms with Crippen molar-refractivity contribution in [2.24, 2.45) is 7.05 Å². The molecule has 0 saturated carbocycles. The maximum atomic E-state index is 4.61. The maximum absolute atomic E-state index is 4.61.